The molecule has 0 unspecified atom stereocenters. The van der Waals surface area contributed by atoms with Gasteiger partial charge in [-0.2, -0.15) is 0 Å². The minimum atomic E-state index is 1.02. The van der Waals surface area contributed by atoms with E-state index < -0.39 is 0 Å². The molecule has 2 aromatic heterocycles. The van der Waals surface area contributed by atoms with E-state index in [9.17, 15) is 0 Å². The minimum absolute atomic E-state index is 1.02. The van der Waals surface area contributed by atoms with Gasteiger partial charge in [-0.05, 0) is 49.4 Å². The maximum Gasteiger partial charge on any atom is 0.0717 e. The van der Waals surface area contributed by atoms with Crippen LogP contribution < -0.4 is 0 Å². The highest BCUT2D eigenvalue weighted by Gasteiger charge is 2.11. The summed E-state index contributed by atoms with van der Waals surface area (Å²) in [4.78, 5) is 8.91. The topological polar surface area (TPSA) is 25.8 Å². The fourth-order valence-electron chi connectivity index (χ4n) is 2.26. The molecule has 0 saturated heterocycles. The molecule has 0 bridgehead atoms. The van der Waals surface area contributed by atoms with Crippen LogP contribution in [0.2, 0.25) is 0 Å². The van der Waals surface area contributed by atoms with Gasteiger partial charge in [0.2, 0.25) is 0 Å². The number of hydrogen-bond donors (Lipinski definition) is 0. The molecular formula is C14H14N2. The van der Waals surface area contributed by atoms with Gasteiger partial charge in [-0.3, -0.25) is 9.97 Å². The first-order chi connectivity index (χ1) is 7.93. The molecule has 80 valence electrons. The number of aryl methyl sites for hydroxylation is 2. The molecule has 0 radical (unpaired) electrons. The fraction of sp³-hybridized carbons (Fsp3) is 0.286. The Labute approximate surface area is 95.4 Å². The monoisotopic (exact) mass is 210 g/mol. The third-order valence-electron chi connectivity index (χ3n) is 3.13. The van der Waals surface area contributed by atoms with Gasteiger partial charge in [0.05, 0.1) is 5.69 Å². The van der Waals surface area contributed by atoms with Gasteiger partial charge >= 0.3 is 0 Å². The number of aromatic nitrogens is 2. The Morgan fingerprint density at radius 2 is 1.94 bits per heavy atom. The van der Waals surface area contributed by atoms with Gasteiger partial charge < -0.3 is 0 Å². The summed E-state index contributed by atoms with van der Waals surface area (Å²) in [7, 11) is 0. The quantitative estimate of drug-likeness (QED) is 0.723. The largest absolute Gasteiger partial charge is 0.260 e. The fourth-order valence-corrected chi connectivity index (χ4v) is 2.26. The zero-order valence-electron chi connectivity index (χ0n) is 9.19. The Kier molecular flexibility index (Phi) is 2.41. The smallest absolute Gasteiger partial charge is 0.0717 e. The van der Waals surface area contributed by atoms with Gasteiger partial charge in [-0.15, -0.1) is 0 Å². The lowest BCUT2D eigenvalue weighted by Crippen LogP contribution is -2.05. The van der Waals surface area contributed by atoms with Crippen molar-refractivity contribution in [3.05, 3.63) is 47.9 Å². The van der Waals surface area contributed by atoms with Crippen molar-refractivity contribution in [3.8, 4) is 11.3 Å². The van der Waals surface area contributed by atoms with Gasteiger partial charge in [0, 0.05) is 23.7 Å². The van der Waals surface area contributed by atoms with E-state index >= 15 is 0 Å². The maximum absolute atomic E-state index is 4.56. The number of hydrogen-bond acceptors (Lipinski definition) is 2. The molecular weight excluding hydrogens is 196 g/mol. The van der Waals surface area contributed by atoms with Crippen molar-refractivity contribution in [2.24, 2.45) is 0 Å². The molecule has 0 N–H and O–H groups in total. The predicted molar refractivity (Wildman–Crippen MR) is 64.1 cm³/mol. The SMILES string of the molecule is c1ccc(-c2cnc3c(c2)CCCC3)nc1. The summed E-state index contributed by atoms with van der Waals surface area (Å²) in [5, 5.41) is 0. The zero-order valence-corrected chi connectivity index (χ0v) is 9.19. The lowest BCUT2D eigenvalue weighted by molar-refractivity contribution is 0.668. The highest BCUT2D eigenvalue weighted by molar-refractivity contribution is 5.59. The number of fused-ring (bicyclic) bond motifs is 1. The second-order valence-electron chi connectivity index (χ2n) is 4.25. The molecule has 1 aliphatic rings. The van der Waals surface area contributed by atoms with Crippen LogP contribution in [0.25, 0.3) is 11.3 Å². The van der Waals surface area contributed by atoms with E-state index in [2.05, 4.69) is 16.0 Å². The number of pyridine rings is 2. The van der Waals surface area contributed by atoms with E-state index in [-0.39, 0.29) is 0 Å². The zero-order chi connectivity index (χ0) is 10.8. The average Bonchev–Trinajstić information content (AvgIpc) is 2.39. The van der Waals surface area contributed by atoms with E-state index in [0.717, 1.165) is 17.7 Å². The summed E-state index contributed by atoms with van der Waals surface area (Å²) in [6.07, 6.45) is 8.66. The molecule has 0 fully saturated rings. The molecule has 0 saturated carbocycles. The summed E-state index contributed by atoms with van der Waals surface area (Å²) < 4.78 is 0. The first-order valence-electron chi connectivity index (χ1n) is 5.83. The van der Waals surface area contributed by atoms with Crippen LogP contribution in [0.15, 0.2) is 36.7 Å². The van der Waals surface area contributed by atoms with Crippen molar-refractivity contribution in [2.75, 3.05) is 0 Å². The molecule has 0 aliphatic heterocycles. The molecule has 16 heavy (non-hydrogen) atoms. The van der Waals surface area contributed by atoms with Crippen molar-refractivity contribution in [3.63, 3.8) is 0 Å². The van der Waals surface area contributed by atoms with Crippen molar-refractivity contribution < 1.29 is 0 Å². The molecule has 0 aromatic carbocycles. The average molecular weight is 210 g/mol. The van der Waals surface area contributed by atoms with Crippen molar-refractivity contribution in [1.29, 1.82) is 0 Å². The molecule has 0 amide bonds. The van der Waals surface area contributed by atoms with Gasteiger partial charge in [-0.1, -0.05) is 6.07 Å². The summed E-state index contributed by atoms with van der Waals surface area (Å²) in [6, 6.07) is 8.24. The van der Waals surface area contributed by atoms with Crippen molar-refractivity contribution in [1.82, 2.24) is 9.97 Å². The van der Waals surface area contributed by atoms with Gasteiger partial charge in [0.25, 0.3) is 0 Å². The van der Waals surface area contributed by atoms with Gasteiger partial charge in [0.1, 0.15) is 0 Å². The third-order valence-corrected chi connectivity index (χ3v) is 3.13. The lowest BCUT2D eigenvalue weighted by atomic mass is 9.94. The predicted octanol–water partition coefficient (Wildman–Crippen LogP) is 3.02. The summed E-state index contributed by atoms with van der Waals surface area (Å²) in [5.41, 5.74) is 4.85. The van der Waals surface area contributed by atoms with Crippen LogP contribution in [-0.2, 0) is 12.8 Å². The van der Waals surface area contributed by atoms with Crippen LogP contribution in [0.5, 0.6) is 0 Å². The minimum Gasteiger partial charge on any atom is -0.260 e. The normalized spacial score (nSPS) is 14.5. The Hall–Kier alpha value is -1.70. The molecule has 2 nitrogen and oxygen atoms in total. The molecule has 1 aliphatic carbocycles. The Balaban J connectivity index is 2.03. The second-order valence-corrected chi connectivity index (χ2v) is 4.25. The second kappa shape index (κ2) is 4.05. The van der Waals surface area contributed by atoms with Crippen molar-refractivity contribution >= 4 is 0 Å². The van der Waals surface area contributed by atoms with E-state index in [1.165, 1.54) is 30.5 Å². The molecule has 2 heterocycles. The van der Waals surface area contributed by atoms with E-state index in [1.54, 1.807) is 0 Å². The summed E-state index contributed by atoms with van der Waals surface area (Å²) in [5.74, 6) is 0. The molecule has 3 rings (SSSR count). The van der Waals surface area contributed by atoms with Crippen LogP contribution >= 0.6 is 0 Å². The van der Waals surface area contributed by atoms with E-state index in [4.69, 9.17) is 0 Å². The maximum atomic E-state index is 4.56. The van der Waals surface area contributed by atoms with Crippen LogP contribution in [-0.4, -0.2) is 9.97 Å². The van der Waals surface area contributed by atoms with Gasteiger partial charge in [-0.25, -0.2) is 0 Å². The highest BCUT2D eigenvalue weighted by atomic mass is 14.7. The molecule has 0 atom stereocenters. The highest BCUT2D eigenvalue weighted by Crippen LogP contribution is 2.24. The summed E-state index contributed by atoms with van der Waals surface area (Å²) >= 11 is 0. The van der Waals surface area contributed by atoms with Crippen LogP contribution in [0, 0.1) is 0 Å². The third kappa shape index (κ3) is 1.71. The molecule has 2 aromatic rings. The molecule has 2 heteroatoms. The van der Waals surface area contributed by atoms with Gasteiger partial charge in [0.15, 0.2) is 0 Å². The first kappa shape index (κ1) is 9.52. The summed E-state index contributed by atoms with van der Waals surface area (Å²) in [6.45, 7) is 0. The number of nitrogens with zero attached hydrogens (tertiary/aromatic N) is 2. The first-order valence-corrected chi connectivity index (χ1v) is 5.83. The lowest BCUT2D eigenvalue weighted by Gasteiger charge is -2.15. The Morgan fingerprint density at radius 1 is 1.00 bits per heavy atom. The van der Waals surface area contributed by atoms with Crippen molar-refractivity contribution in [2.45, 2.75) is 25.7 Å². The standard InChI is InChI=1S/C14H14N2/c1-2-6-13-11(5-1)9-12(10-16-13)14-7-3-4-8-15-14/h3-4,7-10H,1-2,5-6H2. The Morgan fingerprint density at radius 3 is 2.81 bits per heavy atom. The van der Waals surface area contributed by atoms with E-state index in [1.807, 2.05) is 30.6 Å². The molecule has 0 spiro atoms. The Bertz CT molecular complexity index is 491. The van der Waals surface area contributed by atoms with Crippen LogP contribution in [0.1, 0.15) is 24.1 Å². The number of rotatable bonds is 1. The van der Waals surface area contributed by atoms with E-state index in [0.29, 0.717) is 0 Å². The van der Waals surface area contributed by atoms with Crippen LogP contribution in [0.4, 0.5) is 0 Å². The van der Waals surface area contributed by atoms with Crippen LogP contribution in [0.3, 0.4) is 0 Å².